The molecule has 1 saturated heterocycles. The van der Waals surface area contributed by atoms with E-state index in [4.69, 9.17) is 4.74 Å². The number of rotatable bonds is 5. The number of aromatic nitrogens is 2. The van der Waals surface area contributed by atoms with E-state index in [-0.39, 0.29) is 22.6 Å². The van der Waals surface area contributed by atoms with Crippen LogP contribution in [0.1, 0.15) is 50.8 Å². The third-order valence-corrected chi connectivity index (χ3v) is 6.90. The number of H-pyrrole nitrogens is 1. The molecule has 4 rings (SSSR count). The molecule has 1 aromatic heterocycles. The van der Waals surface area contributed by atoms with Gasteiger partial charge in [0.1, 0.15) is 11.2 Å². The molecule has 2 fully saturated rings. The van der Waals surface area contributed by atoms with Crippen molar-refractivity contribution in [2.75, 3.05) is 18.5 Å². The summed E-state index contributed by atoms with van der Waals surface area (Å²) in [5, 5.41) is 3.27. The summed E-state index contributed by atoms with van der Waals surface area (Å²) in [6, 6.07) is 1.60. The van der Waals surface area contributed by atoms with Gasteiger partial charge in [-0.1, -0.05) is 19.3 Å². The summed E-state index contributed by atoms with van der Waals surface area (Å²) in [6.07, 6.45) is 7.17. The summed E-state index contributed by atoms with van der Waals surface area (Å²) in [5.74, 6) is -1.12. The van der Waals surface area contributed by atoms with Crippen LogP contribution in [0.4, 0.5) is 14.5 Å². The summed E-state index contributed by atoms with van der Waals surface area (Å²) in [5.41, 5.74) is -0.338. The first-order valence-corrected chi connectivity index (χ1v) is 11.0. The lowest BCUT2D eigenvalue weighted by atomic mass is 9.95. The number of halogens is 2. The second-order valence-corrected chi connectivity index (χ2v) is 8.85. The number of nitrogens with one attached hydrogen (secondary N) is 2. The van der Waals surface area contributed by atoms with Crippen LogP contribution in [-0.2, 0) is 10.5 Å². The number of thioether (sulfide) groups is 1. The van der Waals surface area contributed by atoms with Crippen molar-refractivity contribution in [2.24, 2.45) is 0 Å². The Morgan fingerprint density at radius 2 is 1.89 bits per heavy atom. The fourth-order valence-corrected chi connectivity index (χ4v) is 5.02. The number of ether oxygens (including phenoxy) is 1. The first-order chi connectivity index (χ1) is 13.6. The van der Waals surface area contributed by atoms with Gasteiger partial charge in [0.2, 0.25) is 0 Å². The molecule has 5 nitrogen and oxygen atoms in total. The van der Waals surface area contributed by atoms with Gasteiger partial charge in [-0.3, -0.25) is 4.79 Å². The molecule has 0 spiro atoms. The molecule has 1 aliphatic carbocycles. The molecule has 1 saturated carbocycles. The van der Waals surface area contributed by atoms with Gasteiger partial charge in [-0.05, 0) is 31.7 Å². The molecule has 0 amide bonds. The van der Waals surface area contributed by atoms with E-state index in [2.05, 4.69) is 15.3 Å². The Bertz CT molecular complexity index is 893. The Labute approximate surface area is 166 Å². The Morgan fingerprint density at radius 3 is 2.64 bits per heavy atom. The van der Waals surface area contributed by atoms with E-state index in [9.17, 15) is 13.6 Å². The van der Waals surface area contributed by atoms with Gasteiger partial charge in [0.15, 0.2) is 11.6 Å². The number of nitrogens with zero attached hydrogens (tertiary/aromatic N) is 1. The van der Waals surface area contributed by atoms with Crippen LogP contribution in [0, 0.1) is 11.6 Å². The number of anilines is 1. The second-order valence-electron chi connectivity index (χ2n) is 7.56. The van der Waals surface area contributed by atoms with Crippen molar-refractivity contribution in [2.45, 2.75) is 62.0 Å². The van der Waals surface area contributed by atoms with Crippen molar-refractivity contribution in [3.05, 3.63) is 33.9 Å². The van der Waals surface area contributed by atoms with Gasteiger partial charge >= 0.3 is 0 Å². The minimum atomic E-state index is -1.13. The van der Waals surface area contributed by atoms with Crippen LogP contribution in [0.15, 0.2) is 10.9 Å². The fourth-order valence-electron chi connectivity index (χ4n) is 3.96. The minimum absolute atomic E-state index is 0.0954. The number of aromatic amines is 1. The van der Waals surface area contributed by atoms with Crippen LogP contribution >= 0.6 is 11.8 Å². The molecule has 28 heavy (non-hydrogen) atoms. The van der Waals surface area contributed by atoms with Crippen LogP contribution in [0.25, 0.3) is 10.9 Å². The molecule has 0 atom stereocenters. The molecule has 0 unspecified atom stereocenters. The zero-order valence-corrected chi connectivity index (χ0v) is 16.5. The summed E-state index contributed by atoms with van der Waals surface area (Å²) in [6.45, 7) is 1.50. The second kappa shape index (κ2) is 8.78. The molecule has 2 heterocycles. The molecule has 2 aromatic rings. The lowest BCUT2D eigenvalue weighted by Gasteiger charge is -2.24. The van der Waals surface area contributed by atoms with Gasteiger partial charge in [0.05, 0.1) is 17.0 Å². The molecule has 1 aromatic carbocycles. The average molecular weight is 410 g/mol. The molecule has 2 aliphatic rings. The Balaban J connectivity index is 1.59. The lowest BCUT2D eigenvalue weighted by molar-refractivity contribution is 0.1000. The number of benzene rings is 1. The monoisotopic (exact) mass is 409 g/mol. The highest BCUT2D eigenvalue weighted by Gasteiger charge is 2.21. The SMILES string of the molecule is O=c1[nH]c(CSC2CCOCC2)nc2cc(NC3CCCCC3)c(F)c(F)c12. The van der Waals surface area contributed by atoms with Gasteiger partial charge in [-0.2, -0.15) is 11.8 Å². The summed E-state index contributed by atoms with van der Waals surface area (Å²) < 4.78 is 34.5. The van der Waals surface area contributed by atoms with E-state index < -0.39 is 17.2 Å². The quantitative estimate of drug-likeness (QED) is 0.768. The van der Waals surface area contributed by atoms with Crippen LogP contribution in [0.5, 0.6) is 0 Å². The van der Waals surface area contributed by atoms with E-state index in [1.54, 1.807) is 11.8 Å². The Kier molecular flexibility index (Phi) is 6.16. The minimum Gasteiger partial charge on any atom is -0.381 e. The summed E-state index contributed by atoms with van der Waals surface area (Å²) in [7, 11) is 0. The maximum absolute atomic E-state index is 14.6. The lowest BCUT2D eigenvalue weighted by Crippen LogP contribution is -2.23. The first kappa shape index (κ1) is 19.6. The number of hydrogen-bond acceptors (Lipinski definition) is 5. The largest absolute Gasteiger partial charge is 0.381 e. The van der Waals surface area contributed by atoms with Crippen LogP contribution in [-0.4, -0.2) is 34.5 Å². The van der Waals surface area contributed by atoms with Crippen LogP contribution in [0.2, 0.25) is 0 Å². The highest BCUT2D eigenvalue weighted by Crippen LogP contribution is 2.29. The zero-order chi connectivity index (χ0) is 19.5. The molecular weight excluding hydrogens is 384 g/mol. The Morgan fingerprint density at radius 1 is 1.14 bits per heavy atom. The smallest absolute Gasteiger partial charge is 0.261 e. The number of hydrogen-bond donors (Lipinski definition) is 2. The van der Waals surface area contributed by atoms with Crippen molar-refractivity contribution in [1.29, 1.82) is 0 Å². The van der Waals surface area contributed by atoms with Gasteiger partial charge < -0.3 is 15.0 Å². The molecule has 2 N–H and O–H groups in total. The van der Waals surface area contributed by atoms with E-state index >= 15 is 0 Å². The molecular formula is C20H25F2N3O2S. The third-order valence-electron chi connectivity index (χ3n) is 5.52. The summed E-state index contributed by atoms with van der Waals surface area (Å²) >= 11 is 1.71. The summed E-state index contributed by atoms with van der Waals surface area (Å²) in [4.78, 5) is 19.4. The van der Waals surface area contributed by atoms with E-state index in [1.807, 2.05) is 0 Å². The fraction of sp³-hybridized carbons (Fsp3) is 0.600. The van der Waals surface area contributed by atoms with E-state index in [1.165, 1.54) is 12.5 Å². The Hall–Kier alpha value is -1.67. The predicted octanol–water partition coefficient (Wildman–Crippen LogP) is 4.36. The standard InChI is InChI=1S/C20H25F2N3O2S/c21-18-15(23-12-4-2-1-3-5-12)10-14-17(19(18)22)20(26)25-16(24-14)11-28-13-6-8-27-9-7-13/h10,12-13,23H,1-9,11H2,(H,24,25,26). The molecule has 0 bridgehead atoms. The molecule has 8 heteroatoms. The van der Waals surface area contributed by atoms with Crippen molar-refractivity contribution >= 4 is 28.4 Å². The van der Waals surface area contributed by atoms with E-state index in [0.717, 1.165) is 51.7 Å². The molecule has 0 radical (unpaired) electrons. The average Bonchev–Trinajstić information content (AvgIpc) is 2.71. The van der Waals surface area contributed by atoms with Gasteiger partial charge in [0, 0.05) is 24.5 Å². The predicted molar refractivity (Wildman–Crippen MR) is 108 cm³/mol. The highest BCUT2D eigenvalue weighted by atomic mass is 32.2. The van der Waals surface area contributed by atoms with Crippen LogP contribution < -0.4 is 10.9 Å². The van der Waals surface area contributed by atoms with Crippen molar-refractivity contribution < 1.29 is 13.5 Å². The third kappa shape index (κ3) is 4.33. The zero-order valence-electron chi connectivity index (χ0n) is 15.7. The van der Waals surface area contributed by atoms with Gasteiger partial charge in [-0.25, -0.2) is 13.8 Å². The van der Waals surface area contributed by atoms with Crippen LogP contribution in [0.3, 0.4) is 0 Å². The maximum atomic E-state index is 14.6. The van der Waals surface area contributed by atoms with Crippen molar-refractivity contribution in [1.82, 2.24) is 9.97 Å². The normalized spacial score (nSPS) is 19.2. The van der Waals surface area contributed by atoms with Gasteiger partial charge in [-0.15, -0.1) is 0 Å². The topological polar surface area (TPSA) is 67.0 Å². The highest BCUT2D eigenvalue weighted by molar-refractivity contribution is 7.99. The van der Waals surface area contributed by atoms with Crippen molar-refractivity contribution in [3.63, 3.8) is 0 Å². The first-order valence-electron chi connectivity index (χ1n) is 9.98. The maximum Gasteiger partial charge on any atom is 0.261 e. The number of fused-ring (bicyclic) bond motifs is 1. The van der Waals surface area contributed by atoms with E-state index in [0.29, 0.717) is 16.8 Å². The van der Waals surface area contributed by atoms with Crippen molar-refractivity contribution in [3.8, 4) is 0 Å². The van der Waals surface area contributed by atoms with Gasteiger partial charge in [0.25, 0.3) is 5.56 Å². The molecule has 1 aliphatic heterocycles. The molecule has 152 valence electrons.